The molecule has 0 aliphatic rings. The third-order valence-corrected chi connectivity index (χ3v) is 2.37. The molecule has 0 aliphatic heterocycles. The molecular weight excluding hydrogens is 234 g/mol. The summed E-state index contributed by atoms with van der Waals surface area (Å²) in [5, 5.41) is 2.98. The van der Waals surface area contributed by atoms with Crippen LogP contribution in [0.25, 0.3) is 0 Å². The minimum atomic E-state index is 0.0679. The summed E-state index contributed by atoms with van der Waals surface area (Å²) in [5.74, 6) is 0.206. The van der Waals surface area contributed by atoms with Gasteiger partial charge >= 0.3 is 0 Å². The number of Topliss-reactive ketones (excluding diaryl/α,β-unsaturated/α-hetero) is 2. The molecule has 0 saturated carbocycles. The lowest BCUT2D eigenvalue weighted by molar-refractivity contribution is -0.123. The average Bonchev–Trinajstić information content (AvgIpc) is 2.34. The number of hydrogen-bond acceptors (Lipinski definition) is 5. The van der Waals surface area contributed by atoms with E-state index in [-0.39, 0.29) is 11.6 Å². The Morgan fingerprint density at radius 1 is 0.944 bits per heavy atom. The number of ether oxygens (including phenoxy) is 2. The Balaban J connectivity index is 3.15. The van der Waals surface area contributed by atoms with Crippen molar-refractivity contribution in [3.05, 3.63) is 0 Å². The van der Waals surface area contributed by atoms with Crippen molar-refractivity contribution in [1.29, 1.82) is 0 Å². The summed E-state index contributed by atoms with van der Waals surface area (Å²) in [6.07, 6.45) is 1.93. The Hall–Kier alpha value is -0.780. The Morgan fingerprint density at radius 3 is 2.22 bits per heavy atom. The molecule has 0 aromatic rings. The summed E-state index contributed by atoms with van der Waals surface area (Å²) < 4.78 is 10.6. The van der Waals surface area contributed by atoms with Gasteiger partial charge in [0.2, 0.25) is 0 Å². The topological polar surface area (TPSA) is 64.6 Å². The molecule has 0 heterocycles. The minimum Gasteiger partial charge on any atom is -0.379 e. The Morgan fingerprint density at radius 2 is 1.61 bits per heavy atom. The van der Waals surface area contributed by atoms with Crippen molar-refractivity contribution in [3.63, 3.8) is 0 Å². The third-order valence-electron chi connectivity index (χ3n) is 2.37. The molecule has 5 heteroatoms. The lowest BCUT2D eigenvalue weighted by atomic mass is 10.1. The number of rotatable bonds is 13. The van der Waals surface area contributed by atoms with Crippen LogP contribution in [-0.2, 0) is 19.1 Å². The Bertz CT molecular complexity index is 231. The first-order valence-corrected chi connectivity index (χ1v) is 6.48. The molecule has 0 unspecified atom stereocenters. The molecule has 5 nitrogen and oxygen atoms in total. The molecule has 18 heavy (non-hydrogen) atoms. The second-order valence-electron chi connectivity index (χ2n) is 4.17. The maximum atomic E-state index is 11.3. The van der Waals surface area contributed by atoms with Crippen LogP contribution in [-0.4, -0.2) is 51.6 Å². The van der Waals surface area contributed by atoms with E-state index in [2.05, 4.69) is 5.32 Å². The Labute approximate surface area is 109 Å². The van der Waals surface area contributed by atoms with Crippen molar-refractivity contribution in [2.24, 2.45) is 0 Å². The zero-order chi connectivity index (χ0) is 13.6. The van der Waals surface area contributed by atoms with E-state index in [0.29, 0.717) is 52.1 Å². The summed E-state index contributed by atoms with van der Waals surface area (Å²) >= 11 is 0. The second kappa shape index (κ2) is 12.7. The SMILES string of the molecule is CNCCOCCOCCCC(=O)CCC(C)=O. The van der Waals surface area contributed by atoms with E-state index in [1.807, 2.05) is 7.05 Å². The van der Waals surface area contributed by atoms with Crippen molar-refractivity contribution in [2.75, 3.05) is 40.0 Å². The number of nitrogens with one attached hydrogen (secondary N) is 1. The fourth-order valence-electron chi connectivity index (χ4n) is 1.31. The number of hydrogen-bond donors (Lipinski definition) is 1. The third kappa shape index (κ3) is 13.3. The molecule has 0 rings (SSSR count). The van der Waals surface area contributed by atoms with Crippen LogP contribution in [0.2, 0.25) is 0 Å². The molecule has 0 aromatic carbocycles. The highest BCUT2D eigenvalue weighted by Gasteiger charge is 2.03. The van der Waals surface area contributed by atoms with Gasteiger partial charge in [-0.2, -0.15) is 0 Å². The van der Waals surface area contributed by atoms with Gasteiger partial charge in [0, 0.05) is 32.4 Å². The molecule has 0 radical (unpaired) electrons. The highest BCUT2D eigenvalue weighted by Crippen LogP contribution is 1.99. The highest BCUT2D eigenvalue weighted by molar-refractivity contribution is 5.84. The first-order valence-electron chi connectivity index (χ1n) is 6.48. The number of carbonyl (C=O) groups excluding carboxylic acids is 2. The molecule has 0 saturated heterocycles. The van der Waals surface area contributed by atoms with E-state index < -0.39 is 0 Å². The molecule has 1 N–H and O–H groups in total. The van der Waals surface area contributed by atoms with Crippen LogP contribution in [0.15, 0.2) is 0 Å². The Kier molecular flexibility index (Phi) is 12.1. The van der Waals surface area contributed by atoms with Crippen LogP contribution in [0.1, 0.15) is 32.6 Å². The lowest BCUT2D eigenvalue weighted by Crippen LogP contribution is -2.16. The van der Waals surface area contributed by atoms with Crippen molar-refractivity contribution in [2.45, 2.75) is 32.6 Å². The van der Waals surface area contributed by atoms with Crippen LogP contribution in [0.5, 0.6) is 0 Å². The van der Waals surface area contributed by atoms with Gasteiger partial charge in [0.25, 0.3) is 0 Å². The van der Waals surface area contributed by atoms with Gasteiger partial charge < -0.3 is 19.6 Å². The fourth-order valence-corrected chi connectivity index (χ4v) is 1.31. The molecule has 0 aromatic heterocycles. The monoisotopic (exact) mass is 259 g/mol. The van der Waals surface area contributed by atoms with E-state index in [9.17, 15) is 9.59 Å². The molecule has 0 bridgehead atoms. The van der Waals surface area contributed by atoms with E-state index in [0.717, 1.165) is 6.54 Å². The van der Waals surface area contributed by atoms with Crippen LogP contribution < -0.4 is 5.32 Å². The predicted molar refractivity (Wildman–Crippen MR) is 69.7 cm³/mol. The summed E-state index contributed by atoms with van der Waals surface area (Å²) in [4.78, 5) is 22.0. The number of carbonyl (C=O) groups is 2. The maximum absolute atomic E-state index is 11.3. The predicted octanol–water partition coefficient (Wildman–Crippen LogP) is 0.957. The smallest absolute Gasteiger partial charge is 0.133 e. The van der Waals surface area contributed by atoms with Crippen LogP contribution >= 0.6 is 0 Å². The summed E-state index contributed by atoms with van der Waals surface area (Å²) in [6, 6.07) is 0. The molecule has 106 valence electrons. The molecule has 0 atom stereocenters. The van der Waals surface area contributed by atoms with Gasteiger partial charge in [0.1, 0.15) is 11.6 Å². The van der Waals surface area contributed by atoms with Crippen molar-refractivity contribution in [1.82, 2.24) is 5.32 Å². The lowest BCUT2D eigenvalue weighted by Gasteiger charge is -2.05. The minimum absolute atomic E-state index is 0.0679. The van der Waals surface area contributed by atoms with Crippen LogP contribution in [0, 0.1) is 0 Å². The quantitative estimate of drug-likeness (QED) is 0.499. The molecular formula is C13H25NO4. The van der Waals surface area contributed by atoms with Crippen LogP contribution in [0.4, 0.5) is 0 Å². The second-order valence-corrected chi connectivity index (χ2v) is 4.17. The van der Waals surface area contributed by atoms with Crippen molar-refractivity contribution >= 4 is 11.6 Å². The van der Waals surface area contributed by atoms with Gasteiger partial charge in [-0.05, 0) is 20.4 Å². The van der Waals surface area contributed by atoms with Gasteiger partial charge in [-0.25, -0.2) is 0 Å². The largest absolute Gasteiger partial charge is 0.379 e. The summed E-state index contributed by atoms with van der Waals surface area (Å²) in [6.45, 7) is 4.74. The van der Waals surface area contributed by atoms with E-state index >= 15 is 0 Å². The summed E-state index contributed by atoms with van der Waals surface area (Å²) in [7, 11) is 1.88. The van der Waals surface area contributed by atoms with E-state index in [1.165, 1.54) is 6.92 Å². The van der Waals surface area contributed by atoms with E-state index in [4.69, 9.17) is 9.47 Å². The molecule has 0 aliphatic carbocycles. The maximum Gasteiger partial charge on any atom is 0.133 e. The van der Waals surface area contributed by atoms with Crippen molar-refractivity contribution in [3.8, 4) is 0 Å². The fraction of sp³-hybridized carbons (Fsp3) is 0.846. The first kappa shape index (κ1) is 17.2. The average molecular weight is 259 g/mol. The van der Waals surface area contributed by atoms with Gasteiger partial charge in [-0.3, -0.25) is 4.79 Å². The van der Waals surface area contributed by atoms with Crippen LogP contribution in [0.3, 0.4) is 0 Å². The van der Waals surface area contributed by atoms with Gasteiger partial charge in [0.05, 0.1) is 19.8 Å². The number of ketones is 2. The molecule has 0 fully saturated rings. The summed E-state index contributed by atoms with van der Waals surface area (Å²) in [5.41, 5.74) is 0. The number of likely N-dealkylation sites (N-methyl/N-ethyl adjacent to an activating group) is 1. The van der Waals surface area contributed by atoms with Gasteiger partial charge in [-0.1, -0.05) is 0 Å². The zero-order valence-electron chi connectivity index (χ0n) is 11.5. The zero-order valence-corrected chi connectivity index (χ0v) is 11.5. The van der Waals surface area contributed by atoms with Crippen molar-refractivity contribution < 1.29 is 19.1 Å². The van der Waals surface area contributed by atoms with Gasteiger partial charge in [0.15, 0.2) is 0 Å². The normalized spacial score (nSPS) is 10.6. The standard InChI is InChI=1S/C13H25NO4/c1-12(15)5-6-13(16)4-3-8-17-10-11-18-9-7-14-2/h14H,3-11H2,1-2H3. The van der Waals surface area contributed by atoms with Gasteiger partial charge in [-0.15, -0.1) is 0 Å². The molecule has 0 amide bonds. The van der Waals surface area contributed by atoms with E-state index in [1.54, 1.807) is 0 Å². The highest BCUT2D eigenvalue weighted by atomic mass is 16.5. The first-order chi connectivity index (χ1) is 8.66. The molecule has 0 spiro atoms.